The summed E-state index contributed by atoms with van der Waals surface area (Å²) in [6.45, 7) is 0. The topological polar surface area (TPSA) is 37.3 Å². The van der Waals surface area contributed by atoms with E-state index >= 15 is 0 Å². The first-order valence-electron chi connectivity index (χ1n) is 4.20. The number of halogens is 2. The molecule has 0 atom stereocenters. The van der Waals surface area contributed by atoms with Crippen molar-refractivity contribution in [2.24, 2.45) is 0 Å². The van der Waals surface area contributed by atoms with E-state index in [0.717, 1.165) is 5.56 Å². The Morgan fingerprint density at radius 3 is 2.57 bits per heavy atom. The third kappa shape index (κ3) is 3.20. The quantitative estimate of drug-likeness (QED) is 0.811. The lowest BCUT2D eigenvalue weighted by Crippen LogP contribution is -2.03. The van der Waals surface area contributed by atoms with Gasteiger partial charge in [0, 0.05) is 0 Å². The van der Waals surface area contributed by atoms with Gasteiger partial charge in [0.15, 0.2) is 0 Å². The van der Waals surface area contributed by atoms with Gasteiger partial charge in [-0.05, 0) is 24.5 Å². The van der Waals surface area contributed by atoms with Crippen LogP contribution in [0.5, 0.6) is 0 Å². The fourth-order valence-electron chi connectivity index (χ4n) is 1.21. The molecule has 0 aromatic heterocycles. The average molecular weight is 233 g/mol. The zero-order valence-corrected chi connectivity index (χ0v) is 8.92. The van der Waals surface area contributed by atoms with Crippen molar-refractivity contribution in [3.63, 3.8) is 0 Å². The molecule has 0 saturated carbocycles. The van der Waals surface area contributed by atoms with Crippen LogP contribution in [-0.2, 0) is 6.42 Å². The minimum absolute atomic E-state index is 0.321. The van der Waals surface area contributed by atoms with Crippen molar-refractivity contribution in [3.05, 3.63) is 35.4 Å². The summed E-state index contributed by atoms with van der Waals surface area (Å²) in [6.07, 6.45) is 1.15. The summed E-state index contributed by atoms with van der Waals surface area (Å²) < 4.78 is 0. The second kappa shape index (κ2) is 5.23. The van der Waals surface area contributed by atoms with Crippen LogP contribution in [0.25, 0.3) is 0 Å². The fourth-order valence-corrected chi connectivity index (χ4v) is 1.43. The van der Waals surface area contributed by atoms with Crippen molar-refractivity contribution in [1.29, 1.82) is 0 Å². The highest BCUT2D eigenvalue weighted by molar-refractivity contribution is 6.44. The zero-order chi connectivity index (χ0) is 10.6. The Balaban J connectivity index is 2.79. The highest BCUT2D eigenvalue weighted by Gasteiger charge is 2.09. The van der Waals surface area contributed by atoms with Crippen molar-refractivity contribution >= 4 is 29.2 Å². The molecule has 1 aromatic carbocycles. The summed E-state index contributed by atoms with van der Waals surface area (Å²) in [4.78, 5) is 10.4. The minimum atomic E-state index is -0.915. The predicted octanol–water partition coefficient (Wildman–Crippen LogP) is 3.12. The number of benzene rings is 1. The first-order valence-corrected chi connectivity index (χ1v) is 5.08. The van der Waals surface area contributed by atoms with Gasteiger partial charge in [0.1, 0.15) is 4.84 Å². The van der Waals surface area contributed by atoms with Gasteiger partial charge < -0.3 is 5.11 Å². The Kier molecular flexibility index (Phi) is 4.23. The third-order valence-corrected chi connectivity index (χ3v) is 2.32. The summed E-state index contributed by atoms with van der Waals surface area (Å²) in [5.74, 6) is -0.915. The van der Waals surface area contributed by atoms with E-state index in [1.54, 1.807) is 24.3 Å². The molecule has 1 N–H and O–H groups in total. The molecule has 0 heterocycles. The van der Waals surface area contributed by atoms with Crippen LogP contribution in [0, 0.1) is 0 Å². The Bertz CT molecular complexity index is 324. The molecule has 0 radical (unpaired) electrons. The number of carbonyl (C=O) groups is 1. The number of hydrogen-bond donors (Lipinski definition) is 1. The molecule has 4 heteroatoms. The lowest BCUT2D eigenvalue weighted by Gasteiger charge is -2.05. The normalized spacial score (nSPS) is 10.5. The molecule has 0 aliphatic heterocycles. The number of rotatable bonds is 4. The summed E-state index contributed by atoms with van der Waals surface area (Å²) >= 11 is 11.2. The van der Waals surface area contributed by atoms with Gasteiger partial charge in [-0.1, -0.05) is 18.2 Å². The van der Waals surface area contributed by atoms with E-state index in [9.17, 15) is 4.79 Å². The van der Waals surface area contributed by atoms with Gasteiger partial charge in [-0.3, -0.25) is 0 Å². The van der Waals surface area contributed by atoms with Gasteiger partial charge in [-0.25, -0.2) is 4.79 Å². The Morgan fingerprint density at radius 1 is 1.36 bits per heavy atom. The van der Waals surface area contributed by atoms with E-state index in [1.807, 2.05) is 0 Å². The number of carboxylic acid groups (broad SMARTS) is 1. The van der Waals surface area contributed by atoms with E-state index < -0.39 is 10.8 Å². The summed E-state index contributed by atoms with van der Waals surface area (Å²) in [7, 11) is 0. The lowest BCUT2D eigenvalue weighted by molar-refractivity contribution is 0.0695. The molecular formula is C10H10Cl2O2. The molecule has 0 bridgehead atoms. The van der Waals surface area contributed by atoms with Crippen molar-refractivity contribution < 1.29 is 9.90 Å². The summed E-state index contributed by atoms with van der Waals surface area (Å²) in [5.41, 5.74) is 1.09. The van der Waals surface area contributed by atoms with Crippen molar-refractivity contribution in [3.8, 4) is 0 Å². The maximum atomic E-state index is 10.8. The number of aryl methyl sites for hydroxylation is 1. The Hall–Kier alpha value is -0.730. The molecular weight excluding hydrogens is 223 g/mol. The first kappa shape index (κ1) is 11.3. The van der Waals surface area contributed by atoms with Gasteiger partial charge in [-0.15, -0.1) is 23.2 Å². The number of carboxylic acids is 1. The second-order valence-electron chi connectivity index (χ2n) is 2.89. The molecule has 0 fully saturated rings. The molecule has 2 nitrogen and oxygen atoms in total. The monoisotopic (exact) mass is 232 g/mol. The van der Waals surface area contributed by atoms with E-state index in [1.165, 1.54) is 0 Å². The summed E-state index contributed by atoms with van der Waals surface area (Å²) in [5, 5.41) is 8.86. The largest absolute Gasteiger partial charge is 0.478 e. The highest BCUT2D eigenvalue weighted by Crippen LogP contribution is 2.15. The van der Waals surface area contributed by atoms with Gasteiger partial charge in [-0.2, -0.15) is 0 Å². The van der Waals surface area contributed by atoms with Crippen molar-refractivity contribution in [2.75, 3.05) is 0 Å². The number of hydrogen-bond acceptors (Lipinski definition) is 1. The van der Waals surface area contributed by atoms with E-state index in [4.69, 9.17) is 28.3 Å². The van der Waals surface area contributed by atoms with E-state index in [-0.39, 0.29) is 0 Å². The van der Waals surface area contributed by atoms with Crippen LogP contribution in [0.1, 0.15) is 22.3 Å². The van der Waals surface area contributed by atoms with Gasteiger partial charge in [0.25, 0.3) is 0 Å². The molecule has 0 spiro atoms. The highest BCUT2D eigenvalue weighted by atomic mass is 35.5. The van der Waals surface area contributed by atoms with Crippen LogP contribution >= 0.6 is 23.2 Å². The number of aromatic carboxylic acids is 1. The fraction of sp³-hybridized carbons (Fsp3) is 0.300. The second-order valence-corrected chi connectivity index (χ2v) is 4.17. The van der Waals surface area contributed by atoms with Crippen molar-refractivity contribution in [2.45, 2.75) is 17.7 Å². The zero-order valence-electron chi connectivity index (χ0n) is 7.41. The smallest absolute Gasteiger partial charge is 0.335 e. The predicted molar refractivity (Wildman–Crippen MR) is 57.2 cm³/mol. The maximum Gasteiger partial charge on any atom is 0.335 e. The van der Waals surface area contributed by atoms with Crippen LogP contribution in [0.4, 0.5) is 0 Å². The van der Waals surface area contributed by atoms with Crippen LogP contribution in [0.15, 0.2) is 24.3 Å². The Labute approximate surface area is 92.5 Å². The SMILES string of the molecule is O=C(O)c1ccccc1CCC(Cl)Cl. The molecule has 0 unspecified atom stereocenters. The molecule has 0 saturated heterocycles. The molecule has 1 aromatic rings. The van der Waals surface area contributed by atoms with Crippen LogP contribution in [0.3, 0.4) is 0 Å². The first-order chi connectivity index (χ1) is 6.61. The Morgan fingerprint density at radius 2 is 2.00 bits per heavy atom. The molecule has 76 valence electrons. The molecule has 1 rings (SSSR count). The van der Waals surface area contributed by atoms with Crippen LogP contribution in [-0.4, -0.2) is 15.9 Å². The summed E-state index contributed by atoms with van der Waals surface area (Å²) in [6, 6.07) is 6.86. The van der Waals surface area contributed by atoms with Gasteiger partial charge in [0.2, 0.25) is 0 Å². The van der Waals surface area contributed by atoms with Crippen LogP contribution in [0.2, 0.25) is 0 Å². The van der Waals surface area contributed by atoms with E-state index in [0.29, 0.717) is 18.4 Å². The average Bonchev–Trinajstić information content (AvgIpc) is 2.15. The molecule has 0 aliphatic carbocycles. The van der Waals surface area contributed by atoms with Gasteiger partial charge >= 0.3 is 5.97 Å². The maximum absolute atomic E-state index is 10.8. The molecule has 14 heavy (non-hydrogen) atoms. The lowest BCUT2D eigenvalue weighted by atomic mass is 10.0. The number of alkyl halides is 2. The van der Waals surface area contributed by atoms with E-state index in [2.05, 4.69) is 0 Å². The van der Waals surface area contributed by atoms with Crippen molar-refractivity contribution in [1.82, 2.24) is 0 Å². The van der Waals surface area contributed by atoms with Crippen LogP contribution < -0.4 is 0 Å². The molecule has 0 amide bonds. The standard InChI is InChI=1S/C10H10Cl2O2/c11-9(12)6-5-7-3-1-2-4-8(7)10(13)14/h1-4,9H,5-6H2,(H,13,14). The van der Waals surface area contributed by atoms with Gasteiger partial charge in [0.05, 0.1) is 5.56 Å². The molecule has 0 aliphatic rings. The minimum Gasteiger partial charge on any atom is -0.478 e. The third-order valence-electron chi connectivity index (χ3n) is 1.88.